The van der Waals surface area contributed by atoms with Gasteiger partial charge in [0.05, 0.1) is 10.9 Å². The van der Waals surface area contributed by atoms with E-state index in [0.717, 1.165) is 5.56 Å². The summed E-state index contributed by atoms with van der Waals surface area (Å²) >= 11 is 5.84. The van der Waals surface area contributed by atoms with Gasteiger partial charge in [0.25, 0.3) is 5.91 Å². The fraction of sp³-hybridized carbons (Fsp3) is 0.188. The summed E-state index contributed by atoms with van der Waals surface area (Å²) in [5, 5.41) is 8.56. The van der Waals surface area contributed by atoms with Crippen LogP contribution in [0.3, 0.4) is 0 Å². The smallest absolute Gasteiger partial charge is 0.252 e. The van der Waals surface area contributed by atoms with Gasteiger partial charge < -0.3 is 5.32 Å². The largest absolute Gasteiger partial charge is 0.346 e. The molecule has 0 aliphatic carbocycles. The zero-order chi connectivity index (χ0) is 17.2. The van der Waals surface area contributed by atoms with Crippen LogP contribution in [0, 0.1) is 6.92 Å². The van der Waals surface area contributed by atoms with Crippen molar-refractivity contribution in [3.8, 4) is 0 Å². The van der Waals surface area contributed by atoms with E-state index in [4.69, 9.17) is 16.7 Å². The Hall–Kier alpha value is -1.89. The van der Waals surface area contributed by atoms with E-state index in [-0.39, 0.29) is 22.4 Å². The van der Waals surface area contributed by atoms with E-state index in [9.17, 15) is 13.2 Å². The van der Waals surface area contributed by atoms with Crippen LogP contribution in [-0.2, 0) is 10.0 Å². The Bertz CT molecular complexity index is 833. The van der Waals surface area contributed by atoms with Crippen molar-refractivity contribution in [2.45, 2.75) is 24.8 Å². The van der Waals surface area contributed by atoms with Crippen molar-refractivity contribution in [3.63, 3.8) is 0 Å². The van der Waals surface area contributed by atoms with Crippen molar-refractivity contribution in [2.75, 3.05) is 0 Å². The molecule has 0 fully saturated rings. The number of carbonyl (C=O) groups excluding carboxylic acids is 1. The maximum Gasteiger partial charge on any atom is 0.252 e. The minimum absolute atomic E-state index is 0.0904. The molecule has 1 atom stereocenters. The summed E-state index contributed by atoms with van der Waals surface area (Å²) in [5.74, 6) is -0.365. The Kier molecular flexibility index (Phi) is 5.09. The van der Waals surface area contributed by atoms with Crippen LogP contribution < -0.4 is 10.5 Å². The van der Waals surface area contributed by atoms with E-state index in [0.29, 0.717) is 10.6 Å². The summed E-state index contributed by atoms with van der Waals surface area (Å²) in [6.07, 6.45) is 0. The summed E-state index contributed by atoms with van der Waals surface area (Å²) < 4.78 is 22.9. The highest BCUT2D eigenvalue weighted by Crippen LogP contribution is 2.19. The quantitative estimate of drug-likeness (QED) is 0.886. The molecule has 1 amide bonds. The normalized spacial score (nSPS) is 12.7. The molecular weight excluding hydrogens is 336 g/mol. The number of nitrogens with one attached hydrogen (secondary N) is 1. The Morgan fingerprint density at radius 3 is 2.35 bits per heavy atom. The lowest BCUT2D eigenvalue weighted by molar-refractivity contribution is 0.0939. The Morgan fingerprint density at radius 1 is 1.17 bits per heavy atom. The molecule has 23 heavy (non-hydrogen) atoms. The van der Waals surface area contributed by atoms with E-state index >= 15 is 0 Å². The number of hydrogen-bond donors (Lipinski definition) is 2. The third-order valence-electron chi connectivity index (χ3n) is 3.50. The molecule has 2 aromatic rings. The Labute approximate surface area is 140 Å². The van der Waals surface area contributed by atoms with Crippen LogP contribution in [0.5, 0.6) is 0 Å². The standard InChI is InChI=1S/C16H17ClN2O3S/c1-10-3-8-14(23(18,21)22)9-15(10)16(20)19-11(2)12-4-6-13(17)7-5-12/h3-9,11H,1-2H3,(H,19,20)(H2,18,21,22)/t11-/m1/s1. The van der Waals surface area contributed by atoms with E-state index in [2.05, 4.69) is 5.32 Å². The summed E-state index contributed by atoms with van der Waals surface area (Å²) in [4.78, 5) is 12.3. The second kappa shape index (κ2) is 6.70. The first-order valence-corrected chi connectivity index (χ1v) is 8.80. The number of benzene rings is 2. The number of primary sulfonamides is 1. The van der Waals surface area contributed by atoms with Gasteiger partial charge in [0.1, 0.15) is 0 Å². The average molecular weight is 353 g/mol. The fourth-order valence-electron chi connectivity index (χ4n) is 2.13. The molecule has 7 heteroatoms. The highest BCUT2D eigenvalue weighted by atomic mass is 35.5. The summed E-state index contributed by atoms with van der Waals surface area (Å²) in [5.41, 5.74) is 1.83. The number of amides is 1. The molecule has 0 aromatic heterocycles. The van der Waals surface area contributed by atoms with Crippen LogP contribution in [0.1, 0.15) is 34.5 Å². The van der Waals surface area contributed by atoms with Crippen LogP contribution in [0.4, 0.5) is 0 Å². The molecule has 0 saturated heterocycles. The second-order valence-electron chi connectivity index (χ2n) is 5.27. The maximum atomic E-state index is 12.4. The number of nitrogens with two attached hydrogens (primary N) is 1. The number of sulfonamides is 1. The van der Waals surface area contributed by atoms with E-state index < -0.39 is 10.0 Å². The molecule has 0 bridgehead atoms. The predicted molar refractivity (Wildman–Crippen MR) is 89.9 cm³/mol. The first-order chi connectivity index (χ1) is 10.7. The lowest BCUT2D eigenvalue weighted by atomic mass is 10.1. The first-order valence-electron chi connectivity index (χ1n) is 6.88. The van der Waals surface area contributed by atoms with Crippen LogP contribution >= 0.6 is 11.6 Å². The zero-order valence-electron chi connectivity index (χ0n) is 12.7. The third kappa shape index (κ3) is 4.31. The van der Waals surface area contributed by atoms with E-state index in [1.165, 1.54) is 12.1 Å². The third-order valence-corrected chi connectivity index (χ3v) is 4.66. The van der Waals surface area contributed by atoms with Gasteiger partial charge in [-0.2, -0.15) is 0 Å². The van der Waals surface area contributed by atoms with E-state index in [1.807, 2.05) is 19.1 Å². The van der Waals surface area contributed by atoms with Crippen LogP contribution in [-0.4, -0.2) is 14.3 Å². The van der Waals surface area contributed by atoms with Gasteiger partial charge in [-0.25, -0.2) is 13.6 Å². The number of aryl methyl sites for hydroxylation is 1. The molecule has 0 spiro atoms. The SMILES string of the molecule is Cc1ccc(S(N)(=O)=O)cc1C(=O)N[C@H](C)c1ccc(Cl)cc1. The van der Waals surface area contributed by atoms with Gasteiger partial charge in [-0.3, -0.25) is 4.79 Å². The molecule has 2 rings (SSSR count). The van der Waals surface area contributed by atoms with Crippen molar-refractivity contribution in [1.82, 2.24) is 5.32 Å². The fourth-order valence-corrected chi connectivity index (χ4v) is 2.80. The highest BCUT2D eigenvalue weighted by molar-refractivity contribution is 7.89. The van der Waals surface area contributed by atoms with Crippen molar-refractivity contribution >= 4 is 27.5 Å². The summed E-state index contributed by atoms with van der Waals surface area (Å²) in [6, 6.07) is 11.1. The maximum absolute atomic E-state index is 12.4. The minimum Gasteiger partial charge on any atom is -0.346 e. The summed E-state index contributed by atoms with van der Waals surface area (Å²) in [7, 11) is -3.86. The Balaban J connectivity index is 2.25. The second-order valence-corrected chi connectivity index (χ2v) is 7.27. The van der Waals surface area contributed by atoms with Crippen molar-refractivity contribution in [2.24, 2.45) is 5.14 Å². The monoisotopic (exact) mass is 352 g/mol. The van der Waals surface area contributed by atoms with Gasteiger partial charge in [0.2, 0.25) is 10.0 Å². The Morgan fingerprint density at radius 2 is 1.78 bits per heavy atom. The zero-order valence-corrected chi connectivity index (χ0v) is 14.3. The predicted octanol–water partition coefficient (Wildman–Crippen LogP) is 2.79. The number of halogens is 1. The topological polar surface area (TPSA) is 89.3 Å². The molecule has 0 aliphatic rings. The molecule has 2 aromatic carbocycles. The molecule has 122 valence electrons. The molecule has 0 heterocycles. The van der Waals surface area contributed by atoms with Gasteiger partial charge in [0.15, 0.2) is 0 Å². The molecule has 5 nitrogen and oxygen atoms in total. The lowest BCUT2D eigenvalue weighted by Gasteiger charge is -2.16. The van der Waals surface area contributed by atoms with Crippen molar-refractivity contribution in [1.29, 1.82) is 0 Å². The lowest BCUT2D eigenvalue weighted by Crippen LogP contribution is -2.27. The number of carbonyl (C=O) groups is 1. The first kappa shape index (κ1) is 17.5. The van der Waals surface area contributed by atoms with Crippen molar-refractivity contribution in [3.05, 3.63) is 64.2 Å². The average Bonchev–Trinajstić information content (AvgIpc) is 2.46. The van der Waals surface area contributed by atoms with Crippen LogP contribution in [0.15, 0.2) is 47.4 Å². The highest BCUT2D eigenvalue weighted by Gasteiger charge is 2.17. The van der Waals surface area contributed by atoms with E-state index in [1.54, 1.807) is 25.1 Å². The van der Waals surface area contributed by atoms with Gasteiger partial charge in [-0.15, -0.1) is 0 Å². The molecule has 0 radical (unpaired) electrons. The molecular formula is C16H17ClN2O3S. The van der Waals surface area contributed by atoms with Crippen molar-refractivity contribution < 1.29 is 13.2 Å². The van der Waals surface area contributed by atoms with Crippen LogP contribution in [0.2, 0.25) is 5.02 Å². The van der Waals surface area contributed by atoms with Gasteiger partial charge >= 0.3 is 0 Å². The number of rotatable bonds is 4. The molecule has 0 saturated carbocycles. The van der Waals surface area contributed by atoms with Gasteiger partial charge in [-0.05, 0) is 49.2 Å². The summed E-state index contributed by atoms with van der Waals surface area (Å²) in [6.45, 7) is 3.56. The molecule has 3 N–H and O–H groups in total. The van der Waals surface area contributed by atoms with Gasteiger partial charge in [0, 0.05) is 10.6 Å². The van der Waals surface area contributed by atoms with Gasteiger partial charge in [-0.1, -0.05) is 29.8 Å². The molecule has 0 unspecified atom stereocenters. The molecule has 0 aliphatic heterocycles. The number of hydrogen-bond acceptors (Lipinski definition) is 3. The minimum atomic E-state index is -3.86. The van der Waals surface area contributed by atoms with Crippen LogP contribution in [0.25, 0.3) is 0 Å².